The molecule has 0 bridgehead atoms. The minimum absolute atomic E-state index is 0.250. The van der Waals surface area contributed by atoms with Gasteiger partial charge in [-0.3, -0.25) is 0 Å². The van der Waals surface area contributed by atoms with E-state index in [1.165, 1.54) is 0 Å². The average molecular weight is 362 g/mol. The van der Waals surface area contributed by atoms with Crippen molar-refractivity contribution < 1.29 is 17.9 Å². The fourth-order valence-electron chi connectivity index (χ4n) is 2.09. The molecule has 0 spiro atoms. The van der Waals surface area contributed by atoms with Crippen LogP contribution in [0.4, 0.5) is 0 Å². The minimum Gasteiger partial charge on any atom is -0.493 e. The third-order valence-corrected chi connectivity index (χ3v) is 5.22. The van der Waals surface area contributed by atoms with Gasteiger partial charge in [-0.2, -0.15) is 0 Å². The van der Waals surface area contributed by atoms with Crippen LogP contribution in [-0.4, -0.2) is 21.6 Å². The van der Waals surface area contributed by atoms with Gasteiger partial charge < -0.3 is 9.47 Å². The van der Waals surface area contributed by atoms with Crippen LogP contribution in [0.3, 0.4) is 0 Å². The van der Waals surface area contributed by atoms with Crippen molar-refractivity contribution in [1.82, 2.24) is 0 Å². The van der Waals surface area contributed by atoms with Crippen LogP contribution in [0.1, 0.15) is 27.7 Å². The second kappa shape index (κ2) is 8.39. The standard InChI is InChI=1S/C20H26O4S/c1-15(2)13-23-17-5-9-19(10-6-17)25(21,22)20-11-7-18(8-12-20)24-14-16(3)4/h5-12,15-16H,13-14H2,1-4H3. The molecular weight excluding hydrogens is 336 g/mol. The Bertz CT molecular complexity index is 699. The average Bonchev–Trinajstić information content (AvgIpc) is 2.59. The molecule has 0 aliphatic carbocycles. The quantitative estimate of drug-likeness (QED) is 0.689. The first-order valence-electron chi connectivity index (χ1n) is 8.50. The van der Waals surface area contributed by atoms with Gasteiger partial charge in [0.05, 0.1) is 23.0 Å². The Kier molecular flexibility index (Phi) is 6.48. The van der Waals surface area contributed by atoms with Crippen molar-refractivity contribution in [2.45, 2.75) is 37.5 Å². The van der Waals surface area contributed by atoms with E-state index in [-0.39, 0.29) is 9.79 Å². The number of hydrogen-bond donors (Lipinski definition) is 0. The normalized spacial score (nSPS) is 11.8. The molecule has 0 atom stereocenters. The summed E-state index contributed by atoms with van der Waals surface area (Å²) in [5.74, 6) is 2.18. The predicted octanol–water partition coefficient (Wildman–Crippen LogP) is 4.59. The molecule has 0 unspecified atom stereocenters. The SMILES string of the molecule is CC(C)COc1ccc(S(=O)(=O)c2ccc(OCC(C)C)cc2)cc1. The third kappa shape index (κ3) is 5.49. The van der Waals surface area contributed by atoms with Crippen molar-refractivity contribution in [2.24, 2.45) is 11.8 Å². The summed E-state index contributed by atoms with van der Waals surface area (Å²) in [5, 5.41) is 0. The lowest BCUT2D eigenvalue weighted by atomic mass is 10.2. The van der Waals surface area contributed by atoms with E-state index in [4.69, 9.17) is 9.47 Å². The van der Waals surface area contributed by atoms with E-state index in [2.05, 4.69) is 27.7 Å². The van der Waals surface area contributed by atoms with Crippen molar-refractivity contribution in [1.29, 1.82) is 0 Å². The van der Waals surface area contributed by atoms with Gasteiger partial charge in [0.2, 0.25) is 9.84 Å². The Morgan fingerprint density at radius 1 is 0.680 bits per heavy atom. The smallest absolute Gasteiger partial charge is 0.206 e. The first-order chi connectivity index (χ1) is 11.8. The van der Waals surface area contributed by atoms with Gasteiger partial charge in [-0.05, 0) is 60.4 Å². The number of sulfone groups is 1. The molecule has 0 fully saturated rings. The van der Waals surface area contributed by atoms with Crippen LogP contribution in [0, 0.1) is 11.8 Å². The second-order valence-corrected chi connectivity index (χ2v) is 8.81. The van der Waals surface area contributed by atoms with Crippen molar-refractivity contribution in [3.63, 3.8) is 0 Å². The van der Waals surface area contributed by atoms with Crippen LogP contribution in [-0.2, 0) is 9.84 Å². The summed E-state index contributed by atoms with van der Waals surface area (Å²) >= 11 is 0. The highest BCUT2D eigenvalue weighted by molar-refractivity contribution is 7.91. The maximum absolute atomic E-state index is 12.7. The van der Waals surface area contributed by atoms with Gasteiger partial charge in [-0.15, -0.1) is 0 Å². The summed E-state index contributed by atoms with van der Waals surface area (Å²) in [6.07, 6.45) is 0. The lowest BCUT2D eigenvalue weighted by molar-refractivity contribution is 0.271. The largest absolute Gasteiger partial charge is 0.493 e. The zero-order valence-electron chi connectivity index (χ0n) is 15.2. The Morgan fingerprint density at radius 3 is 1.28 bits per heavy atom. The van der Waals surface area contributed by atoms with Gasteiger partial charge in [0.1, 0.15) is 11.5 Å². The number of ether oxygens (including phenoxy) is 2. The van der Waals surface area contributed by atoms with Crippen molar-refractivity contribution in [3.05, 3.63) is 48.5 Å². The predicted molar refractivity (Wildman–Crippen MR) is 99.0 cm³/mol. The van der Waals surface area contributed by atoms with E-state index in [1.807, 2.05) is 0 Å². The lowest BCUT2D eigenvalue weighted by Gasteiger charge is -2.11. The van der Waals surface area contributed by atoms with Gasteiger partial charge in [-0.1, -0.05) is 27.7 Å². The maximum Gasteiger partial charge on any atom is 0.206 e. The molecule has 4 nitrogen and oxygen atoms in total. The van der Waals surface area contributed by atoms with Crippen LogP contribution in [0.15, 0.2) is 58.3 Å². The van der Waals surface area contributed by atoms with Crippen LogP contribution >= 0.6 is 0 Å². The Labute approximate surface area is 150 Å². The first-order valence-corrected chi connectivity index (χ1v) is 9.98. The van der Waals surface area contributed by atoms with Crippen LogP contribution < -0.4 is 9.47 Å². The fourth-order valence-corrected chi connectivity index (χ4v) is 3.35. The zero-order chi connectivity index (χ0) is 18.4. The molecule has 136 valence electrons. The molecule has 0 N–H and O–H groups in total. The van der Waals surface area contributed by atoms with E-state index in [0.29, 0.717) is 36.5 Å². The monoisotopic (exact) mass is 362 g/mol. The summed E-state index contributed by atoms with van der Waals surface area (Å²) in [5.41, 5.74) is 0. The Balaban J connectivity index is 2.12. The molecule has 0 saturated carbocycles. The second-order valence-electron chi connectivity index (χ2n) is 6.86. The van der Waals surface area contributed by atoms with E-state index < -0.39 is 9.84 Å². The molecule has 0 saturated heterocycles. The molecule has 0 heterocycles. The summed E-state index contributed by atoms with van der Waals surface area (Å²) in [6, 6.07) is 13.1. The van der Waals surface area contributed by atoms with E-state index >= 15 is 0 Å². The summed E-state index contributed by atoms with van der Waals surface area (Å²) < 4.78 is 36.6. The van der Waals surface area contributed by atoms with Crippen LogP contribution in [0.5, 0.6) is 11.5 Å². The molecule has 2 rings (SSSR count). The molecule has 0 radical (unpaired) electrons. The molecule has 0 aromatic heterocycles. The summed E-state index contributed by atoms with van der Waals surface area (Å²) in [7, 11) is -3.55. The highest BCUT2D eigenvalue weighted by Crippen LogP contribution is 2.25. The molecule has 0 aliphatic heterocycles. The van der Waals surface area contributed by atoms with Crippen LogP contribution in [0.2, 0.25) is 0 Å². The highest BCUT2D eigenvalue weighted by Gasteiger charge is 2.17. The maximum atomic E-state index is 12.7. The molecule has 0 aliphatic rings. The van der Waals surface area contributed by atoms with E-state index in [1.54, 1.807) is 48.5 Å². The highest BCUT2D eigenvalue weighted by atomic mass is 32.2. The van der Waals surface area contributed by atoms with Crippen molar-refractivity contribution in [2.75, 3.05) is 13.2 Å². The van der Waals surface area contributed by atoms with Crippen molar-refractivity contribution >= 4 is 9.84 Å². The van der Waals surface area contributed by atoms with E-state index in [9.17, 15) is 8.42 Å². The summed E-state index contributed by atoms with van der Waals surface area (Å²) in [6.45, 7) is 9.45. The number of benzene rings is 2. The topological polar surface area (TPSA) is 52.6 Å². The molecule has 2 aromatic carbocycles. The molecule has 0 amide bonds. The van der Waals surface area contributed by atoms with Crippen molar-refractivity contribution in [3.8, 4) is 11.5 Å². The van der Waals surface area contributed by atoms with Gasteiger partial charge >= 0.3 is 0 Å². The molecule has 2 aromatic rings. The lowest BCUT2D eigenvalue weighted by Crippen LogP contribution is -2.06. The number of rotatable bonds is 8. The molecule has 5 heteroatoms. The Morgan fingerprint density at radius 2 is 1.00 bits per heavy atom. The van der Waals surface area contributed by atoms with Gasteiger partial charge in [0.15, 0.2) is 0 Å². The fraction of sp³-hybridized carbons (Fsp3) is 0.400. The first kappa shape index (κ1) is 19.3. The van der Waals surface area contributed by atoms with Gasteiger partial charge in [0.25, 0.3) is 0 Å². The third-order valence-electron chi connectivity index (χ3n) is 3.43. The van der Waals surface area contributed by atoms with Gasteiger partial charge in [-0.25, -0.2) is 8.42 Å². The zero-order valence-corrected chi connectivity index (χ0v) is 16.0. The van der Waals surface area contributed by atoms with Gasteiger partial charge in [0, 0.05) is 0 Å². The molecular formula is C20H26O4S. The minimum atomic E-state index is -3.55. The Hall–Kier alpha value is -2.01. The summed E-state index contributed by atoms with van der Waals surface area (Å²) in [4.78, 5) is 0.500. The molecule has 25 heavy (non-hydrogen) atoms. The van der Waals surface area contributed by atoms with E-state index in [0.717, 1.165) is 0 Å². The van der Waals surface area contributed by atoms with Crippen LogP contribution in [0.25, 0.3) is 0 Å². The number of hydrogen-bond acceptors (Lipinski definition) is 4.